The van der Waals surface area contributed by atoms with Crippen LogP contribution in [0.5, 0.6) is 0 Å². The van der Waals surface area contributed by atoms with Gasteiger partial charge in [0, 0.05) is 6.54 Å². The molecule has 0 fully saturated rings. The molecule has 0 saturated carbocycles. The molecule has 0 atom stereocenters. The number of carbonyl (C=O) groups is 1. The molecule has 0 aliphatic rings. The SMILES string of the molecule is CCn1c(SCC(=O)Nc2nnc(C)s2)nnc1-c1ccoc1C. The van der Waals surface area contributed by atoms with Crippen molar-refractivity contribution >= 4 is 34.1 Å². The van der Waals surface area contributed by atoms with E-state index in [1.807, 2.05) is 31.4 Å². The minimum absolute atomic E-state index is 0.150. The fourth-order valence-electron chi connectivity index (χ4n) is 2.13. The van der Waals surface area contributed by atoms with Gasteiger partial charge in [-0.3, -0.25) is 10.1 Å². The average Bonchev–Trinajstić information content (AvgIpc) is 3.25. The third-order valence-electron chi connectivity index (χ3n) is 3.24. The molecule has 0 radical (unpaired) electrons. The Labute approximate surface area is 146 Å². The highest BCUT2D eigenvalue weighted by Crippen LogP contribution is 2.27. The first-order chi connectivity index (χ1) is 11.6. The lowest BCUT2D eigenvalue weighted by atomic mass is 10.2. The van der Waals surface area contributed by atoms with Crippen molar-refractivity contribution in [1.82, 2.24) is 25.0 Å². The molecule has 3 heterocycles. The van der Waals surface area contributed by atoms with Crippen LogP contribution in [0.25, 0.3) is 11.4 Å². The zero-order valence-corrected chi connectivity index (χ0v) is 15.1. The Morgan fingerprint density at radius 3 is 2.79 bits per heavy atom. The number of hydrogen-bond acceptors (Lipinski definition) is 8. The van der Waals surface area contributed by atoms with Gasteiger partial charge in [0.05, 0.1) is 17.6 Å². The summed E-state index contributed by atoms with van der Waals surface area (Å²) in [6.07, 6.45) is 1.63. The number of rotatable bonds is 6. The van der Waals surface area contributed by atoms with Gasteiger partial charge < -0.3 is 8.98 Å². The second-order valence-electron chi connectivity index (χ2n) is 4.90. The fourth-order valence-corrected chi connectivity index (χ4v) is 3.54. The number of aryl methyl sites for hydroxylation is 2. The molecule has 0 bridgehead atoms. The molecule has 126 valence electrons. The van der Waals surface area contributed by atoms with Gasteiger partial charge in [0.15, 0.2) is 11.0 Å². The number of hydrogen-bond donors (Lipinski definition) is 1. The third kappa shape index (κ3) is 3.49. The Morgan fingerprint density at radius 2 is 2.17 bits per heavy atom. The van der Waals surface area contributed by atoms with Crippen LogP contribution in [0.1, 0.15) is 17.7 Å². The van der Waals surface area contributed by atoms with E-state index in [9.17, 15) is 4.79 Å². The number of aromatic nitrogens is 5. The molecular formula is C14H16N6O2S2. The van der Waals surface area contributed by atoms with Crippen molar-refractivity contribution in [2.75, 3.05) is 11.1 Å². The largest absolute Gasteiger partial charge is 0.469 e. The Kier molecular flexibility index (Phi) is 4.95. The molecule has 1 amide bonds. The Balaban J connectivity index is 1.68. The first-order valence-corrected chi connectivity index (χ1v) is 9.09. The van der Waals surface area contributed by atoms with E-state index in [0.29, 0.717) is 16.8 Å². The maximum atomic E-state index is 12.0. The van der Waals surface area contributed by atoms with E-state index in [1.165, 1.54) is 23.1 Å². The maximum absolute atomic E-state index is 12.0. The van der Waals surface area contributed by atoms with E-state index < -0.39 is 0 Å². The molecule has 10 heteroatoms. The topological polar surface area (TPSA) is 98.7 Å². The summed E-state index contributed by atoms with van der Waals surface area (Å²) in [6.45, 7) is 6.43. The summed E-state index contributed by atoms with van der Waals surface area (Å²) < 4.78 is 7.29. The molecule has 0 aromatic carbocycles. The van der Waals surface area contributed by atoms with Crippen LogP contribution in [0.15, 0.2) is 21.9 Å². The molecule has 0 unspecified atom stereocenters. The standard InChI is InChI=1S/C14H16N6O2S2/c1-4-20-12(10-5-6-22-8(10)2)17-19-14(20)23-7-11(21)15-13-18-16-9(3)24-13/h5-6H,4,7H2,1-3H3,(H,15,18,21). The predicted octanol–water partition coefficient (Wildman–Crippen LogP) is 2.76. The Morgan fingerprint density at radius 1 is 1.33 bits per heavy atom. The van der Waals surface area contributed by atoms with Gasteiger partial charge in [-0.25, -0.2) is 0 Å². The van der Waals surface area contributed by atoms with E-state index in [1.54, 1.807) is 6.26 Å². The molecule has 8 nitrogen and oxygen atoms in total. The molecule has 24 heavy (non-hydrogen) atoms. The minimum Gasteiger partial charge on any atom is -0.469 e. The van der Waals surface area contributed by atoms with Gasteiger partial charge in [0.25, 0.3) is 0 Å². The van der Waals surface area contributed by atoms with Crippen molar-refractivity contribution in [2.45, 2.75) is 32.5 Å². The van der Waals surface area contributed by atoms with E-state index in [4.69, 9.17) is 4.42 Å². The molecule has 0 aliphatic heterocycles. The van der Waals surface area contributed by atoms with Crippen LogP contribution in [-0.2, 0) is 11.3 Å². The lowest BCUT2D eigenvalue weighted by Gasteiger charge is -2.06. The van der Waals surface area contributed by atoms with Crippen molar-refractivity contribution in [2.24, 2.45) is 0 Å². The van der Waals surface area contributed by atoms with Gasteiger partial charge in [-0.2, -0.15) is 0 Å². The van der Waals surface area contributed by atoms with Crippen molar-refractivity contribution in [3.63, 3.8) is 0 Å². The number of furan rings is 1. The number of nitrogens with one attached hydrogen (secondary N) is 1. The molecule has 0 saturated heterocycles. The van der Waals surface area contributed by atoms with Gasteiger partial charge in [0.1, 0.15) is 10.8 Å². The molecule has 0 spiro atoms. The number of anilines is 1. The monoisotopic (exact) mass is 364 g/mol. The number of nitrogens with zero attached hydrogens (tertiary/aromatic N) is 5. The summed E-state index contributed by atoms with van der Waals surface area (Å²) >= 11 is 2.68. The zero-order chi connectivity index (χ0) is 17.1. The lowest BCUT2D eigenvalue weighted by molar-refractivity contribution is -0.113. The predicted molar refractivity (Wildman–Crippen MR) is 92.1 cm³/mol. The second-order valence-corrected chi connectivity index (χ2v) is 7.03. The highest BCUT2D eigenvalue weighted by molar-refractivity contribution is 7.99. The van der Waals surface area contributed by atoms with Crippen molar-refractivity contribution in [1.29, 1.82) is 0 Å². The van der Waals surface area contributed by atoms with Gasteiger partial charge >= 0.3 is 0 Å². The smallest absolute Gasteiger partial charge is 0.236 e. The average molecular weight is 364 g/mol. The number of thioether (sulfide) groups is 1. The maximum Gasteiger partial charge on any atom is 0.236 e. The molecular weight excluding hydrogens is 348 g/mol. The summed E-state index contributed by atoms with van der Waals surface area (Å²) in [4.78, 5) is 12.0. The van der Waals surface area contributed by atoms with Crippen molar-refractivity contribution in [3.8, 4) is 11.4 Å². The molecule has 1 N–H and O–H groups in total. The first-order valence-electron chi connectivity index (χ1n) is 7.29. The van der Waals surface area contributed by atoms with E-state index >= 15 is 0 Å². The van der Waals surface area contributed by atoms with E-state index in [-0.39, 0.29) is 11.7 Å². The Bertz CT molecular complexity index is 853. The van der Waals surface area contributed by atoms with E-state index in [2.05, 4.69) is 25.7 Å². The van der Waals surface area contributed by atoms with Crippen LogP contribution < -0.4 is 5.32 Å². The Hall–Kier alpha value is -2.20. The van der Waals surface area contributed by atoms with Crippen molar-refractivity contribution in [3.05, 3.63) is 23.1 Å². The molecule has 0 aliphatic carbocycles. The highest BCUT2D eigenvalue weighted by Gasteiger charge is 2.17. The van der Waals surface area contributed by atoms with Gasteiger partial charge in [-0.1, -0.05) is 23.1 Å². The quantitative estimate of drug-likeness (QED) is 0.671. The highest BCUT2D eigenvalue weighted by atomic mass is 32.2. The van der Waals surface area contributed by atoms with Crippen LogP contribution in [0, 0.1) is 13.8 Å². The summed E-state index contributed by atoms with van der Waals surface area (Å²) in [5, 5.41) is 20.9. The molecule has 3 aromatic heterocycles. The number of amides is 1. The zero-order valence-electron chi connectivity index (χ0n) is 13.4. The van der Waals surface area contributed by atoms with Gasteiger partial charge in [-0.15, -0.1) is 20.4 Å². The summed E-state index contributed by atoms with van der Waals surface area (Å²) in [5.41, 5.74) is 0.907. The summed E-state index contributed by atoms with van der Waals surface area (Å²) in [7, 11) is 0. The van der Waals surface area contributed by atoms with Crippen LogP contribution in [0.3, 0.4) is 0 Å². The number of carbonyl (C=O) groups excluding carboxylic acids is 1. The minimum atomic E-state index is -0.150. The van der Waals surface area contributed by atoms with Crippen LogP contribution >= 0.6 is 23.1 Å². The van der Waals surface area contributed by atoms with Crippen LogP contribution in [0.4, 0.5) is 5.13 Å². The second kappa shape index (κ2) is 7.14. The molecule has 3 rings (SSSR count). The third-order valence-corrected chi connectivity index (χ3v) is 4.96. The van der Waals surface area contributed by atoms with Gasteiger partial charge in [-0.05, 0) is 26.8 Å². The molecule has 3 aromatic rings. The van der Waals surface area contributed by atoms with Crippen LogP contribution in [0.2, 0.25) is 0 Å². The van der Waals surface area contributed by atoms with Crippen LogP contribution in [-0.4, -0.2) is 36.6 Å². The van der Waals surface area contributed by atoms with E-state index in [0.717, 1.165) is 22.2 Å². The van der Waals surface area contributed by atoms with Crippen molar-refractivity contribution < 1.29 is 9.21 Å². The lowest BCUT2D eigenvalue weighted by Crippen LogP contribution is -2.14. The first kappa shape index (κ1) is 16.7. The van der Waals surface area contributed by atoms with Gasteiger partial charge in [0.2, 0.25) is 11.0 Å². The fraction of sp³-hybridized carbons (Fsp3) is 0.357. The summed E-state index contributed by atoms with van der Waals surface area (Å²) in [5.74, 6) is 1.61. The summed E-state index contributed by atoms with van der Waals surface area (Å²) in [6, 6.07) is 1.87. The normalized spacial score (nSPS) is 11.0.